The Hall–Kier alpha value is -0.890. The van der Waals surface area contributed by atoms with E-state index in [1.165, 1.54) is 5.56 Å². The van der Waals surface area contributed by atoms with Crippen LogP contribution >= 0.6 is 0 Å². The molecule has 0 amide bonds. The molecule has 0 aromatic heterocycles. The van der Waals surface area contributed by atoms with Gasteiger partial charge in [0.1, 0.15) is 5.82 Å². The van der Waals surface area contributed by atoms with Crippen molar-refractivity contribution in [3.8, 4) is 0 Å². The van der Waals surface area contributed by atoms with Crippen LogP contribution in [0.1, 0.15) is 24.1 Å². The van der Waals surface area contributed by atoms with E-state index in [1.807, 2.05) is 6.07 Å². The molecule has 1 unspecified atom stereocenters. The first-order valence-corrected chi connectivity index (χ1v) is 4.67. The molecule has 0 N–H and O–H groups in total. The smallest absolute Gasteiger partial charge is 0.123 e. The minimum Gasteiger partial charge on any atom is -0.299 e. The monoisotopic (exact) mass is 179 g/mol. The molecule has 0 bridgehead atoms. The van der Waals surface area contributed by atoms with E-state index >= 15 is 0 Å². The summed E-state index contributed by atoms with van der Waals surface area (Å²) in [6, 6.07) is 5.47. The van der Waals surface area contributed by atoms with Crippen molar-refractivity contribution in [2.45, 2.75) is 19.4 Å². The molecular weight excluding hydrogens is 165 g/mol. The van der Waals surface area contributed by atoms with Crippen LogP contribution in [0.25, 0.3) is 0 Å². The van der Waals surface area contributed by atoms with Crippen LogP contribution < -0.4 is 0 Å². The Bertz CT molecular complexity index is 322. The van der Waals surface area contributed by atoms with Crippen molar-refractivity contribution in [2.24, 2.45) is 0 Å². The largest absolute Gasteiger partial charge is 0.299 e. The molecule has 0 fully saturated rings. The lowest BCUT2D eigenvalue weighted by Crippen LogP contribution is -2.30. The molecule has 0 aliphatic carbocycles. The molecule has 2 heteroatoms. The molecule has 2 rings (SSSR count). The zero-order valence-electron chi connectivity index (χ0n) is 8.05. The number of hydrogen-bond donors (Lipinski definition) is 0. The minimum absolute atomic E-state index is 0.124. The maximum absolute atomic E-state index is 13.0. The van der Waals surface area contributed by atoms with Gasteiger partial charge in [0, 0.05) is 12.6 Å². The van der Waals surface area contributed by atoms with Crippen molar-refractivity contribution in [3.63, 3.8) is 0 Å². The van der Waals surface area contributed by atoms with Crippen molar-refractivity contribution >= 4 is 0 Å². The normalized spacial score (nSPS) is 22.8. The second-order valence-electron chi connectivity index (χ2n) is 3.75. The molecule has 0 spiro atoms. The fraction of sp³-hybridized carbons (Fsp3) is 0.455. The topological polar surface area (TPSA) is 3.24 Å². The number of likely N-dealkylation sites (N-methyl/N-ethyl adjacent to an activating group) is 1. The van der Waals surface area contributed by atoms with Crippen molar-refractivity contribution in [3.05, 3.63) is 35.1 Å². The first-order valence-electron chi connectivity index (χ1n) is 4.67. The van der Waals surface area contributed by atoms with Gasteiger partial charge in [-0.2, -0.15) is 0 Å². The molecular formula is C11H14FN. The summed E-state index contributed by atoms with van der Waals surface area (Å²) < 4.78 is 13.0. The van der Waals surface area contributed by atoms with E-state index in [4.69, 9.17) is 0 Å². The van der Waals surface area contributed by atoms with Crippen LogP contribution in [-0.4, -0.2) is 18.5 Å². The molecule has 1 aromatic rings. The Labute approximate surface area is 78.2 Å². The molecule has 1 aromatic carbocycles. The molecule has 1 aliphatic heterocycles. The summed E-state index contributed by atoms with van der Waals surface area (Å²) in [5, 5.41) is 0. The summed E-state index contributed by atoms with van der Waals surface area (Å²) in [5.41, 5.74) is 2.45. The molecule has 1 heterocycles. The highest BCUT2D eigenvalue weighted by molar-refractivity contribution is 5.32. The Morgan fingerprint density at radius 3 is 3.00 bits per heavy atom. The van der Waals surface area contributed by atoms with Crippen LogP contribution in [0.3, 0.4) is 0 Å². The maximum Gasteiger partial charge on any atom is 0.123 e. The highest BCUT2D eigenvalue weighted by Gasteiger charge is 2.20. The van der Waals surface area contributed by atoms with Gasteiger partial charge in [0.25, 0.3) is 0 Å². The van der Waals surface area contributed by atoms with E-state index in [2.05, 4.69) is 18.9 Å². The zero-order valence-corrected chi connectivity index (χ0v) is 8.05. The average Bonchev–Trinajstić information content (AvgIpc) is 2.12. The predicted octanol–water partition coefficient (Wildman–Crippen LogP) is 2.37. The number of nitrogens with zero attached hydrogens (tertiary/aromatic N) is 1. The predicted molar refractivity (Wildman–Crippen MR) is 51.1 cm³/mol. The SMILES string of the molecule is CC1c2cc(F)ccc2CCN1C. The van der Waals surface area contributed by atoms with Gasteiger partial charge in [0.05, 0.1) is 0 Å². The highest BCUT2D eigenvalue weighted by atomic mass is 19.1. The Kier molecular flexibility index (Phi) is 2.08. The molecule has 70 valence electrons. The lowest BCUT2D eigenvalue weighted by molar-refractivity contribution is 0.247. The van der Waals surface area contributed by atoms with Crippen LogP contribution in [0.4, 0.5) is 4.39 Å². The van der Waals surface area contributed by atoms with Crippen molar-refractivity contribution < 1.29 is 4.39 Å². The number of benzene rings is 1. The van der Waals surface area contributed by atoms with E-state index in [-0.39, 0.29) is 5.82 Å². The maximum atomic E-state index is 13.0. The molecule has 0 saturated heterocycles. The van der Waals surface area contributed by atoms with Gasteiger partial charge in [-0.3, -0.25) is 4.90 Å². The van der Waals surface area contributed by atoms with Gasteiger partial charge < -0.3 is 0 Å². The van der Waals surface area contributed by atoms with Gasteiger partial charge in [-0.1, -0.05) is 6.07 Å². The first-order chi connectivity index (χ1) is 6.18. The standard InChI is InChI=1S/C11H14FN/c1-8-11-7-10(12)4-3-9(11)5-6-13(8)2/h3-4,7-8H,5-6H2,1-2H3. The lowest BCUT2D eigenvalue weighted by atomic mass is 9.94. The third-order valence-electron chi connectivity index (χ3n) is 2.95. The third-order valence-corrected chi connectivity index (χ3v) is 2.95. The molecule has 0 saturated carbocycles. The lowest BCUT2D eigenvalue weighted by Gasteiger charge is -2.31. The fourth-order valence-corrected chi connectivity index (χ4v) is 1.91. The van der Waals surface area contributed by atoms with Gasteiger partial charge in [-0.25, -0.2) is 4.39 Å². The van der Waals surface area contributed by atoms with Gasteiger partial charge in [-0.15, -0.1) is 0 Å². The summed E-state index contributed by atoms with van der Waals surface area (Å²) in [5.74, 6) is -0.124. The first kappa shape index (κ1) is 8.70. The van der Waals surface area contributed by atoms with Crippen LogP contribution in [-0.2, 0) is 6.42 Å². The van der Waals surface area contributed by atoms with Crippen molar-refractivity contribution in [2.75, 3.05) is 13.6 Å². The molecule has 1 nitrogen and oxygen atoms in total. The van der Waals surface area contributed by atoms with Gasteiger partial charge >= 0.3 is 0 Å². The second-order valence-corrected chi connectivity index (χ2v) is 3.75. The van der Waals surface area contributed by atoms with Crippen LogP contribution in [0.15, 0.2) is 18.2 Å². The quantitative estimate of drug-likeness (QED) is 0.591. The molecule has 13 heavy (non-hydrogen) atoms. The summed E-state index contributed by atoms with van der Waals surface area (Å²) in [6.45, 7) is 3.19. The second kappa shape index (κ2) is 3.11. The van der Waals surface area contributed by atoms with Crippen molar-refractivity contribution in [1.82, 2.24) is 4.90 Å². The van der Waals surface area contributed by atoms with E-state index in [1.54, 1.807) is 12.1 Å². The van der Waals surface area contributed by atoms with E-state index in [9.17, 15) is 4.39 Å². The third kappa shape index (κ3) is 1.46. The van der Waals surface area contributed by atoms with Crippen molar-refractivity contribution in [1.29, 1.82) is 0 Å². The van der Waals surface area contributed by atoms with E-state index in [0.29, 0.717) is 6.04 Å². The number of rotatable bonds is 0. The summed E-state index contributed by atoms with van der Waals surface area (Å²) in [4.78, 5) is 2.25. The minimum atomic E-state index is -0.124. The van der Waals surface area contributed by atoms with Crippen LogP contribution in [0.2, 0.25) is 0 Å². The fourth-order valence-electron chi connectivity index (χ4n) is 1.91. The summed E-state index contributed by atoms with van der Waals surface area (Å²) >= 11 is 0. The number of hydrogen-bond acceptors (Lipinski definition) is 1. The molecule has 1 atom stereocenters. The Morgan fingerprint density at radius 1 is 1.46 bits per heavy atom. The number of fused-ring (bicyclic) bond motifs is 1. The Balaban J connectivity index is 2.45. The van der Waals surface area contributed by atoms with Crippen LogP contribution in [0, 0.1) is 5.82 Å². The molecule has 0 radical (unpaired) electrons. The molecule has 1 aliphatic rings. The highest BCUT2D eigenvalue weighted by Crippen LogP contribution is 2.28. The zero-order chi connectivity index (χ0) is 9.42. The summed E-state index contributed by atoms with van der Waals surface area (Å²) in [6.07, 6.45) is 1.04. The Morgan fingerprint density at radius 2 is 2.23 bits per heavy atom. The number of halogens is 1. The van der Waals surface area contributed by atoms with E-state index < -0.39 is 0 Å². The summed E-state index contributed by atoms with van der Waals surface area (Å²) in [7, 11) is 2.08. The van der Waals surface area contributed by atoms with Crippen LogP contribution in [0.5, 0.6) is 0 Å². The van der Waals surface area contributed by atoms with E-state index in [0.717, 1.165) is 18.5 Å². The van der Waals surface area contributed by atoms with Gasteiger partial charge in [0.2, 0.25) is 0 Å². The van der Waals surface area contributed by atoms with Gasteiger partial charge in [0.15, 0.2) is 0 Å². The van der Waals surface area contributed by atoms with Gasteiger partial charge in [-0.05, 0) is 43.7 Å². The average molecular weight is 179 g/mol.